The minimum Gasteiger partial charge on any atom is -0.357 e. The third-order valence-corrected chi connectivity index (χ3v) is 4.32. The molecule has 0 spiro atoms. The lowest BCUT2D eigenvalue weighted by atomic mass is 10.1. The first kappa shape index (κ1) is 18.7. The smallest absolute Gasteiger partial charge is 0.242 e. The summed E-state index contributed by atoms with van der Waals surface area (Å²) < 4.78 is 0. The van der Waals surface area contributed by atoms with E-state index in [1.807, 2.05) is 61.5 Å². The Morgan fingerprint density at radius 2 is 1.72 bits per heavy atom. The number of nitrogens with one attached hydrogen (secondary N) is 1. The molecule has 1 N–H and O–H groups in total. The van der Waals surface area contributed by atoms with E-state index in [1.165, 1.54) is 0 Å². The molecule has 0 saturated heterocycles. The number of likely N-dealkylation sites (N-methyl/N-ethyl adjacent to an activating group) is 1. The molecule has 0 radical (unpaired) electrons. The fourth-order valence-electron chi connectivity index (χ4n) is 2.84. The molecule has 132 valence electrons. The Bertz CT molecular complexity index is 713. The zero-order valence-electron chi connectivity index (χ0n) is 15.2. The van der Waals surface area contributed by atoms with Crippen LogP contribution >= 0.6 is 0 Å². The summed E-state index contributed by atoms with van der Waals surface area (Å²) in [5, 5.41) is 2.64. The van der Waals surface area contributed by atoms with Crippen LogP contribution < -0.4 is 5.32 Å². The predicted octanol–water partition coefficient (Wildman–Crippen LogP) is 3.09. The van der Waals surface area contributed by atoms with Gasteiger partial charge in [-0.2, -0.15) is 0 Å². The maximum atomic E-state index is 12.8. The molecule has 0 aliphatic rings. The Labute approximate surface area is 149 Å². The highest BCUT2D eigenvalue weighted by molar-refractivity contribution is 5.87. The van der Waals surface area contributed by atoms with Gasteiger partial charge in [-0.15, -0.1) is 0 Å². The average Bonchev–Trinajstić information content (AvgIpc) is 2.64. The molecule has 25 heavy (non-hydrogen) atoms. The van der Waals surface area contributed by atoms with Crippen LogP contribution in [0.15, 0.2) is 54.6 Å². The Morgan fingerprint density at radius 3 is 2.36 bits per heavy atom. The molecule has 0 bridgehead atoms. The highest BCUT2D eigenvalue weighted by Crippen LogP contribution is 2.14. The van der Waals surface area contributed by atoms with Crippen LogP contribution in [0.4, 0.5) is 0 Å². The van der Waals surface area contributed by atoms with E-state index in [9.17, 15) is 9.59 Å². The number of amides is 2. The van der Waals surface area contributed by atoms with Gasteiger partial charge >= 0.3 is 0 Å². The van der Waals surface area contributed by atoms with E-state index in [2.05, 4.69) is 5.32 Å². The molecular formula is C21H26N2O2. The largest absolute Gasteiger partial charge is 0.357 e. The molecule has 0 heterocycles. The van der Waals surface area contributed by atoms with Crippen molar-refractivity contribution in [2.45, 2.75) is 39.3 Å². The lowest BCUT2D eigenvalue weighted by molar-refractivity contribution is -0.140. The number of hydrogen-bond donors (Lipinski definition) is 1. The fraction of sp³-hybridized carbons (Fsp3) is 0.333. The highest BCUT2D eigenvalue weighted by atomic mass is 16.2. The molecule has 0 aliphatic heterocycles. The zero-order chi connectivity index (χ0) is 18.2. The van der Waals surface area contributed by atoms with Crippen LogP contribution in [0.25, 0.3) is 0 Å². The quantitative estimate of drug-likeness (QED) is 0.843. The van der Waals surface area contributed by atoms with E-state index in [1.54, 1.807) is 18.9 Å². The summed E-state index contributed by atoms with van der Waals surface area (Å²) in [6.45, 7) is 4.23. The second kappa shape index (κ2) is 9.02. The highest BCUT2D eigenvalue weighted by Gasteiger charge is 2.25. The molecule has 0 unspecified atom stereocenters. The first-order valence-corrected chi connectivity index (χ1v) is 8.62. The van der Waals surface area contributed by atoms with Gasteiger partial charge in [-0.3, -0.25) is 9.59 Å². The van der Waals surface area contributed by atoms with Gasteiger partial charge < -0.3 is 10.2 Å². The fourth-order valence-corrected chi connectivity index (χ4v) is 2.84. The van der Waals surface area contributed by atoms with Crippen molar-refractivity contribution in [1.82, 2.24) is 10.2 Å². The Hall–Kier alpha value is -2.62. The van der Waals surface area contributed by atoms with Gasteiger partial charge in [0.2, 0.25) is 11.8 Å². The summed E-state index contributed by atoms with van der Waals surface area (Å²) in [5.41, 5.74) is 3.30. The third kappa shape index (κ3) is 5.45. The van der Waals surface area contributed by atoms with Crippen LogP contribution in [0.5, 0.6) is 0 Å². The lowest BCUT2D eigenvalue weighted by Gasteiger charge is -2.28. The van der Waals surface area contributed by atoms with Crippen molar-refractivity contribution in [3.05, 3.63) is 71.3 Å². The van der Waals surface area contributed by atoms with Gasteiger partial charge in [0.25, 0.3) is 0 Å². The number of benzene rings is 2. The molecular weight excluding hydrogens is 312 g/mol. The van der Waals surface area contributed by atoms with Crippen molar-refractivity contribution >= 4 is 11.8 Å². The van der Waals surface area contributed by atoms with Gasteiger partial charge in [0.15, 0.2) is 0 Å². The van der Waals surface area contributed by atoms with E-state index in [-0.39, 0.29) is 11.8 Å². The molecule has 2 rings (SSSR count). The monoisotopic (exact) mass is 338 g/mol. The van der Waals surface area contributed by atoms with Crippen molar-refractivity contribution in [2.75, 3.05) is 7.05 Å². The molecule has 0 saturated carbocycles. The Kier molecular flexibility index (Phi) is 6.75. The zero-order valence-corrected chi connectivity index (χ0v) is 15.2. The summed E-state index contributed by atoms with van der Waals surface area (Å²) in [6, 6.07) is 17.5. The summed E-state index contributed by atoms with van der Waals surface area (Å²) >= 11 is 0. The van der Waals surface area contributed by atoms with Gasteiger partial charge in [0.05, 0.1) is 0 Å². The number of rotatable bonds is 7. The average molecular weight is 338 g/mol. The van der Waals surface area contributed by atoms with Crippen molar-refractivity contribution in [2.24, 2.45) is 0 Å². The van der Waals surface area contributed by atoms with Crippen molar-refractivity contribution in [3.8, 4) is 0 Å². The van der Waals surface area contributed by atoms with Crippen LogP contribution in [-0.4, -0.2) is 29.8 Å². The van der Waals surface area contributed by atoms with E-state index in [0.29, 0.717) is 19.4 Å². The van der Waals surface area contributed by atoms with Gasteiger partial charge in [0.1, 0.15) is 6.04 Å². The molecule has 2 aromatic carbocycles. The van der Waals surface area contributed by atoms with Gasteiger partial charge in [-0.25, -0.2) is 0 Å². The Balaban J connectivity index is 2.12. The summed E-state index contributed by atoms with van der Waals surface area (Å²) in [4.78, 5) is 26.6. The molecule has 1 atom stereocenters. The van der Waals surface area contributed by atoms with Crippen LogP contribution in [-0.2, 0) is 22.6 Å². The number of carbonyl (C=O) groups is 2. The van der Waals surface area contributed by atoms with Gasteiger partial charge in [0, 0.05) is 20.0 Å². The minimum absolute atomic E-state index is 0.0125. The second-order valence-electron chi connectivity index (χ2n) is 6.29. The molecule has 0 aromatic heterocycles. The summed E-state index contributed by atoms with van der Waals surface area (Å²) in [6.07, 6.45) is 1.06. The Morgan fingerprint density at radius 1 is 1.04 bits per heavy atom. The van der Waals surface area contributed by atoms with Crippen LogP contribution in [0.2, 0.25) is 0 Å². The van der Waals surface area contributed by atoms with E-state index in [4.69, 9.17) is 0 Å². The maximum Gasteiger partial charge on any atom is 0.242 e. The minimum atomic E-state index is -0.506. The van der Waals surface area contributed by atoms with Crippen molar-refractivity contribution in [1.29, 1.82) is 0 Å². The maximum absolute atomic E-state index is 12.8. The third-order valence-electron chi connectivity index (χ3n) is 4.32. The molecule has 2 amide bonds. The topological polar surface area (TPSA) is 49.4 Å². The number of hydrogen-bond acceptors (Lipinski definition) is 2. The summed E-state index contributed by atoms with van der Waals surface area (Å²) in [5.74, 6) is -0.165. The summed E-state index contributed by atoms with van der Waals surface area (Å²) in [7, 11) is 1.60. The second-order valence-corrected chi connectivity index (χ2v) is 6.29. The molecule has 0 aliphatic carbocycles. The molecule has 4 nitrogen and oxygen atoms in total. The number of carbonyl (C=O) groups excluding carboxylic acids is 2. The molecule has 4 heteroatoms. The van der Waals surface area contributed by atoms with E-state index in [0.717, 1.165) is 16.7 Å². The normalized spacial score (nSPS) is 11.6. The van der Waals surface area contributed by atoms with E-state index < -0.39 is 6.04 Å². The molecule has 0 fully saturated rings. The first-order chi connectivity index (χ1) is 12.0. The SMILES string of the molecule is CNC(=O)[C@@H](C)N(Cc1cccc(C)c1)C(=O)CCc1ccccc1. The predicted molar refractivity (Wildman–Crippen MR) is 100 cm³/mol. The van der Waals surface area contributed by atoms with Crippen LogP contribution in [0, 0.1) is 6.92 Å². The standard InChI is InChI=1S/C21H26N2O2/c1-16-8-7-11-19(14-16)15-23(17(2)21(25)22-3)20(24)13-12-18-9-5-4-6-10-18/h4-11,14,17H,12-13,15H2,1-3H3,(H,22,25)/t17-/m1/s1. The van der Waals surface area contributed by atoms with Gasteiger partial charge in [-0.05, 0) is 31.4 Å². The van der Waals surface area contributed by atoms with Gasteiger partial charge in [-0.1, -0.05) is 60.2 Å². The van der Waals surface area contributed by atoms with Crippen molar-refractivity contribution in [3.63, 3.8) is 0 Å². The van der Waals surface area contributed by atoms with E-state index >= 15 is 0 Å². The van der Waals surface area contributed by atoms with Crippen LogP contribution in [0.1, 0.15) is 30.0 Å². The van der Waals surface area contributed by atoms with Crippen LogP contribution in [0.3, 0.4) is 0 Å². The van der Waals surface area contributed by atoms with Crippen molar-refractivity contribution < 1.29 is 9.59 Å². The number of aryl methyl sites for hydroxylation is 2. The number of nitrogens with zero attached hydrogens (tertiary/aromatic N) is 1. The lowest BCUT2D eigenvalue weighted by Crippen LogP contribution is -2.46. The molecule has 2 aromatic rings. The first-order valence-electron chi connectivity index (χ1n) is 8.62.